The van der Waals surface area contributed by atoms with E-state index in [9.17, 15) is 0 Å². The Morgan fingerprint density at radius 1 is 1.11 bits per heavy atom. The van der Waals surface area contributed by atoms with Gasteiger partial charge in [-0.1, -0.05) is 19.0 Å². The number of nitrogens with zero attached hydrogens (tertiary/aromatic N) is 4. The maximum atomic E-state index is 5.88. The molecule has 27 heavy (non-hydrogen) atoms. The van der Waals surface area contributed by atoms with Crippen LogP contribution < -0.4 is 9.04 Å². The molecular weight excluding hydrogens is 360 g/mol. The van der Waals surface area contributed by atoms with Gasteiger partial charge in [0.25, 0.3) is 0 Å². The zero-order valence-electron chi connectivity index (χ0n) is 16.0. The molecule has 0 aliphatic carbocycles. The van der Waals surface area contributed by atoms with E-state index in [-0.39, 0.29) is 0 Å². The van der Waals surface area contributed by atoms with E-state index in [2.05, 4.69) is 45.4 Å². The minimum Gasteiger partial charge on any atom is -0.489 e. The Morgan fingerprint density at radius 3 is 2.41 bits per heavy atom. The van der Waals surface area contributed by atoms with E-state index in [1.54, 1.807) is 18.3 Å². The highest BCUT2D eigenvalue weighted by Gasteiger charge is 2.12. The minimum atomic E-state index is 0.453. The standard InChI is InChI=1S/C20H24N4O2S/c1-14(2)11-24(17-9-21-13-22-10-17)27-19-7-5-18(6-8-19)25-12-20-15(3)23-26-16(20)4/h5-10,13-14H,11-12H2,1-4H3. The number of hydrogen-bond donors (Lipinski definition) is 0. The lowest BCUT2D eigenvalue weighted by Gasteiger charge is -2.24. The molecule has 3 rings (SSSR count). The summed E-state index contributed by atoms with van der Waals surface area (Å²) in [6.45, 7) is 9.57. The molecule has 0 bridgehead atoms. The Labute approximate surface area is 164 Å². The lowest BCUT2D eigenvalue weighted by atomic mass is 10.2. The zero-order valence-corrected chi connectivity index (χ0v) is 16.9. The third-order valence-corrected chi connectivity index (χ3v) is 5.03. The van der Waals surface area contributed by atoms with Gasteiger partial charge in [-0.05, 0) is 56.0 Å². The number of aromatic nitrogens is 3. The van der Waals surface area contributed by atoms with Gasteiger partial charge in [0.1, 0.15) is 24.4 Å². The maximum absolute atomic E-state index is 5.88. The molecule has 0 unspecified atom stereocenters. The van der Waals surface area contributed by atoms with Crippen molar-refractivity contribution in [3.05, 3.63) is 60.0 Å². The fourth-order valence-electron chi connectivity index (χ4n) is 2.53. The largest absolute Gasteiger partial charge is 0.489 e. The van der Waals surface area contributed by atoms with Crippen LogP contribution in [0.25, 0.3) is 0 Å². The van der Waals surface area contributed by atoms with Crippen LogP contribution >= 0.6 is 11.9 Å². The number of aryl methyl sites for hydroxylation is 2. The molecule has 0 aliphatic heterocycles. The quantitative estimate of drug-likeness (QED) is 0.515. The molecule has 0 atom stereocenters. The fourth-order valence-corrected chi connectivity index (χ4v) is 3.62. The van der Waals surface area contributed by atoms with Gasteiger partial charge < -0.3 is 13.6 Å². The van der Waals surface area contributed by atoms with Crippen LogP contribution in [0, 0.1) is 19.8 Å². The van der Waals surface area contributed by atoms with Gasteiger partial charge in [0.05, 0.1) is 29.3 Å². The van der Waals surface area contributed by atoms with Gasteiger partial charge in [0.15, 0.2) is 0 Å². The third-order valence-electron chi connectivity index (χ3n) is 3.97. The summed E-state index contributed by atoms with van der Waals surface area (Å²) in [5, 5.41) is 3.95. The monoisotopic (exact) mass is 384 g/mol. The first-order chi connectivity index (χ1) is 13.0. The van der Waals surface area contributed by atoms with Crippen molar-refractivity contribution in [3.8, 4) is 5.75 Å². The third kappa shape index (κ3) is 5.23. The van der Waals surface area contributed by atoms with Crippen molar-refractivity contribution >= 4 is 17.6 Å². The second kappa shape index (κ2) is 8.90. The Kier molecular flexibility index (Phi) is 6.34. The second-order valence-electron chi connectivity index (χ2n) is 6.71. The number of ether oxygens (including phenoxy) is 1. The molecule has 0 radical (unpaired) electrons. The van der Waals surface area contributed by atoms with Crippen molar-refractivity contribution in [1.82, 2.24) is 15.1 Å². The Hall–Kier alpha value is -2.54. The van der Waals surface area contributed by atoms with E-state index in [0.29, 0.717) is 12.5 Å². The van der Waals surface area contributed by atoms with Crippen LogP contribution in [0.2, 0.25) is 0 Å². The number of anilines is 1. The molecule has 2 aromatic heterocycles. The van der Waals surface area contributed by atoms with Crippen molar-refractivity contribution in [1.29, 1.82) is 0 Å². The van der Waals surface area contributed by atoms with Crippen LogP contribution in [0.4, 0.5) is 5.69 Å². The predicted molar refractivity (Wildman–Crippen MR) is 107 cm³/mol. The number of hydrogen-bond acceptors (Lipinski definition) is 7. The minimum absolute atomic E-state index is 0.453. The van der Waals surface area contributed by atoms with Gasteiger partial charge in [-0.2, -0.15) is 0 Å². The van der Waals surface area contributed by atoms with Crippen LogP contribution in [0.1, 0.15) is 30.9 Å². The van der Waals surface area contributed by atoms with E-state index in [0.717, 1.165) is 39.9 Å². The molecule has 7 heteroatoms. The van der Waals surface area contributed by atoms with E-state index in [4.69, 9.17) is 9.26 Å². The molecule has 3 aromatic rings. The highest BCUT2D eigenvalue weighted by atomic mass is 32.2. The number of benzene rings is 1. The van der Waals surface area contributed by atoms with Crippen LogP contribution in [-0.4, -0.2) is 21.7 Å². The molecule has 0 spiro atoms. The van der Waals surface area contributed by atoms with Gasteiger partial charge in [0, 0.05) is 11.4 Å². The van der Waals surface area contributed by atoms with Crippen LogP contribution in [0.3, 0.4) is 0 Å². The summed E-state index contributed by atoms with van der Waals surface area (Å²) in [6.07, 6.45) is 5.22. The van der Waals surface area contributed by atoms with Crippen molar-refractivity contribution in [2.45, 2.75) is 39.2 Å². The topological polar surface area (TPSA) is 64.3 Å². The summed E-state index contributed by atoms with van der Waals surface area (Å²) >= 11 is 1.67. The number of rotatable bonds is 8. The molecular formula is C20H24N4O2S. The van der Waals surface area contributed by atoms with Gasteiger partial charge in [-0.15, -0.1) is 0 Å². The van der Waals surface area contributed by atoms with Gasteiger partial charge >= 0.3 is 0 Å². The Morgan fingerprint density at radius 2 is 1.81 bits per heavy atom. The van der Waals surface area contributed by atoms with E-state index >= 15 is 0 Å². The Bertz CT molecular complexity index is 831. The zero-order chi connectivity index (χ0) is 19.2. The highest BCUT2D eigenvalue weighted by Crippen LogP contribution is 2.30. The van der Waals surface area contributed by atoms with Gasteiger partial charge in [0.2, 0.25) is 0 Å². The summed E-state index contributed by atoms with van der Waals surface area (Å²) in [7, 11) is 0. The fraction of sp³-hybridized carbons (Fsp3) is 0.350. The van der Waals surface area contributed by atoms with E-state index < -0.39 is 0 Å². The lowest BCUT2D eigenvalue weighted by molar-refractivity contribution is 0.301. The molecule has 0 fully saturated rings. The Balaban J connectivity index is 1.65. The molecule has 2 heterocycles. The van der Waals surface area contributed by atoms with Gasteiger partial charge in [-0.25, -0.2) is 9.97 Å². The summed E-state index contributed by atoms with van der Waals surface area (Å²) in [6, 6.07) is 8.08. The molecule has 6 nitrogen and oxygen atoms in total. The molecule has 142 valence electrons. The van der Waals surface area contributed by atoms with Gasteiger partial charge in [-0.3, -0.25) is 0 Å². The van der Waals surface area contributed by atoms with E-state index in [1.807, 2.05) is 38.4 Å². The molecule has 1 aromatic carbocycles. The molecule has 0 saturated heterocycles. The van der Waals surface area contributed by atoms with Crippen LogP contribution in [-0.2, 0) is 6.61 Å². The summed E-state index contributed by atoms with van der Waals surface area (Å²) in [4.78, 5) is 9.39. The first-order valence-corrected chi connectivity index (χ1v) is 9.65. The molecule has 0 saturated carbocycles. The summed E-state index contributed by atoms with van der Waals surface area (Å²) < 4.78 is 13.3. The normalized spacial score (nSPS) is 11.0. The van der Waals surface area contributed by atoms with Crippen LogP contribution in [0.15, 0.2) is 52.4 Å². The molecule has 0 N–H and O–H groups in total. The van der Waals surface area contributed by atoms with Crippen LogP contribution in [0.5, 0.6) is 5.75 Å². The predicted octanol–water partition coefficient (Wildman–Crippen LogP) is 4.83. The summed E-state index contributed by atoms with van der Waals surface area (Å²) in [5.41, 5.74) is 2.87. The summed E-state index contributed by atoms with van der Waals surface area (Å²) in [5.74, 6) is 2.14. The van der Waals surface area contributed by atoms with E-state index in [1.165, 1.54) is 0 Å². The SMILES string of the molecule is Cc1noc(C)c1COc1ccc(SN(CC(C)C)c2cncnc2)cc1. The van der Waals surface area contributed by atoms with Crippen molar-refractivity contribution in [3.63, 3.8) is 0 Å². The first kappa shape index (κ1) is 19.2. The van der Waals surface area contributed by atoms with Crippen molar-refractivity contribution < 1.29 is 9.26 Å². The molecule has 0 aliphatic rings. The smallest absolute Gasteiger partial charge is 0.140 e. The highest BCUT2D eigenvalue weighted by molar-refractivity contribution is 8.00. The first-order valence-electron chi connectivity index (χ1n) is 8.88. The van der Waals surface area contributed by atoms with Crippen molar-refractivity contribution in [2.24, 2.45) is 5.92 Å². The molecule has 0 amide bonds. The lowest BCUT2D eigenvalue weighted by Crippen LogP contribution is -2.20. The average Bonchev–Trinajstić information content (AvgIpc) is 2.99. The maximum Gasteiger partial charge on any atom is 0.140 e. The second-order valence-corrected chi connectivity index (χ2v) is 7.80. The van der Waals surface area contributed by atoms with Crippen molar-refractivity contribution in [2.75, 3.05) is 10.8 Å². The average molecular weight is 385 g/mol.